The largest absolute Gasteiger partial charge is 0.391 e. The first-order chi connectivity index (χ1) is 9.93. The van der Waals surface area contributed by atoms with Crippen molar-refractivity contribution in [3.05, 3.63) is 0 Å². The summed E-state index contributed by atoms with van der Waals surface area (Å²) in [6.45, 7) is 7.66. The molecule has 0 bridgehead atoms. The molecule has 5 nitrogen and oxygen atoms in total. The van der Waals surface area contributed by atoms with E-state index in [0.29, 0.717) is 31.8 Å². The van der Waals surface area contributed by atoms with Crippen molar-refractivity contribution in [2.24, 2.45) is 11.8 Å². The van der Waals surface area contributed by atoms with Crippen LogP contribution in [0.1, 0.15) is 52.9 Å². The lowest BCUT2D eigenvalue weighted by Gasteiger charge is -2.32. The Bertz CT molecular complexity index is 344. The monoisotopic (exact) mass is 298 g/mol. The van der Waals surface area contributed by atoms with Gasteiger partial charge in [0.2, 0.25) is 11.8 Å². The van der Waals surface area contributed by atoms with Crippen LogP contribution >= 0.6 is 0 Å². The Morgan fingerprint density at radius 1 is 1.38 bits per heavy atom. The third kappa shape index (κ3) is 6.46. The molecule has 1 aliphatic rings. The molecule has 21 heavy (non-hydrogen) atoms. The van der Waals surface area contributed by atoms with E-state index in [4.69, 9.17) is 0 Å². The highest BCUT2D eigenvalue weighted by Gasteiger charge is 2.28. The maximum atomic E-state index is 12.2. The zero-order valence-corrected chi connectivity index (χ0v) is 13.6. The Balaban J connectivity index is 2.38. The fourth-order valence-corrected chi connectivity index (χ4v) is 2.78. The Morgan fingerprint density at radius 2 is 2.10 bits per heavy atom. The molecule has 2 amide bonds. The molecule has 0 aromatic rings. The minimum atomic E-state index is -0.490. The summed E-state index contributed by atoms with van der Waals surface area (Å²) in [6.07, 6.45) is 3.29. The maximum absolute atomic E-state index is 12.2. The standard InChI is InChI=1S/C16H30N2O3/c1-4-6-15(20)18-8-5-7-13(11-18)16(21)17-10-14(19)9-12(2)3/h12-14,19H,4-11H2,1-3H3,(H,17,21). The van der Waals surface area contributed by atoms with E-state index in [1.807, 2.05) is 25.7 Å². The molecule has 5 heteroatoms. The number of piperidine rings is 1. The molecule has 122 valence electrons. The zero-order valence-electron chi connectivity index (χ0n) is 13.6. The molecule has 2 atom stereocenters. The van der Waals surface area contributed by atoms with E-state index >= 15 is 0 Å². The van der Waals surface area contributed by atoms with E-state index in [-0.39, 0.29) is 17.7 Å². The number of carbonyl (C=O) groups is 2. The Labute approximate surface area is 128 Å². The number of hydrogen-bond donors (Lipinski definition) is 2. The number of hydrogen-bond acceptors (Lipinski definition) is 3. The fourth-order valence-electron chi connectivity index (χ4n) is 2.78. The van der Waals surface area contributed by atoms with Gasteiger partial charge in [-0.3, -0.25) is 9.59 Å². The van der Waals surface area contributed by atoms with E-state index in [0.717, 1.165) is 25.8 Å². The molecule has 0 aliphatic carbocycles. The van der Waals surface area contributed by atoms with Crippen molar-refractivity contribution in [2.75, 3.05) is 19.6 Å². The van der Waals surface area contributed by atoms with Crippen molar-refractivity contribution in [3.63, 3.8) is 0 Å². The van der Waals surface area contributed by atoms with Gasteiger partial charge in [-0.25, -0.2) is 0 Å². The van der Waals surface area contributed by atoms with Crippen LogP contribution in [0.4, 0.5) is 0 Å². The average molecular weight is 298 g/mol. The van der Waals surface area contributed by atoms with Gasteiger partial charge in [0.25, 0.3) is 0 Å². The number of nitrogens with zero attached hydrogens (tertiary/aromatic N) is 1. The molecule has 0 aromatic carbocycles. The first-order valence-corrected chi connectivity index (χ1v) is 8.17. The van der Waals surface area contributed by atoms with Gasteiger partial charge in [-0.15, -0.1) is 0 Å². The lowest BCUT2D eigenvalue weighted by atomic mass is 9.96. The quantitative estimate of drug-likeness (QED) is 0.749. The van der Waals surface area contributed by atoms with Gasteiger partial charge in [-0.05, 0) is 31.6 Å². The highest BCUT2D eigenvalue weighted by atomic mass is 16.3. The Hall–Kier alpha value is -1.10. The molecule has 1 rings (SSSR count). The predicted molar refractivity (Wildman–Crippen MR) is 82.7 cm³/mol. The van der Waals surface area contributed by atoms with Crippen molar-refractivity contribution in [2.45, 2.75) is 59.0 Å². The minimum absolute atomic E-state index is 0.0354. The SMILES string of the molecule is CCCC(=O)N1CCCC(C(=O)NCC(O)CC(C)C)C1. The van der Waals surface area contributed by atoms with E-state index in [1.54, 1.807) is 0 Å². The topological polar surface area (TPSA) is 69.6 Å². The van der Waals surface area contributed by atoms with Crippen LogP contribution in [-0.4, -0.2) is 47.6 Å². The van der Waals surface area contributed by atoms with Gasteiger partial charge >= 0.3 is 0 Å². The summed E-state index contributed by atoms with van der Waals surface area (Å²) < 4.78 is 0. The summed E-state index contributed by atoms with van der Waals surface area (Å²) in [7, 11) is 0. The fraction of sp³-hybridized carbons (Fsp3) is 0.875. The summed E-state index contributed by atoms with van der Waals surface area (Å²) in [6, 6.07) is 0. The van der Waals surface area contributed by atoms with E-state index in [9.17, 15) is 14.7 Å². The Morgan fingerprint density at radius 3 is 2.71 bits per heavy atom. The number of aliphatic hydroxyl groups excluding tert-OH is 1. The summed E-state index contributed by atoms with van der Waals surface area (Å²) in [5.74, 6) is 0.390. The average Bonchev–Trinajstić information content (AvgIpc) is 2.44. The molecule has 0 radical (unpaired) electrons. The Kier molecular flexibility index (Phi) is 7.72. The number of nitrogens with one attached hydrogen (secondary N) is 1. The van der Waals surface area contributed by atoms with E-state index < -0.39 is 6.10 Å². The molecule has 1 fully saturated rings. The van der Waals surface area contributed by atoms with Crippen LogP contribution in [0.2, 0.25) is 0 Å². The summed E-state index contributed by atoms with van der Waals surface area (Å²) in [5.41, 5.74) is 0. The molecular formula is C16H30N2O3. The van der Waals surface area contributed by atoms with Crippen LogP contribution in [0, 0.1) is 11.8 Å². The van der Waals surface area contributed by atoms with Crippen LogP contribution < -0.4 is 5.32 Å². The van der Waals surface area contributed by atoms with Crippen molar-refractivity contribution < 1.29 is 14.7 Å². The van der Waals surface area contributed by atoms with E-state index in [1.165, 1.54) is 0 Å². The number of likely N-dealkylation sites (tertiary alicyclic amines) is 1. The maximum Gasteiger partial charge on any atom is 0.224 e. The molecule has 2 unspecified atom stereocenters. The number of carbonyl (C=O) groups excluding carboxylic acids is 2. The number of rotatable bonds is 7. The van der Waals surface area contributed by atoms with Gasteiger partial charge in [0, 0.05) is 26.1 Å². The molecule has 1 heterocycles. The van der Waals surface area contributed by atoms with Crippen LogP contribution in [-0.2, 0) is 9.59 Å². The van der Waals surface area contributed by atoms with Gasteiger partial charge < -0.3 is 15.3 Å². The van der Waals surface area contributed by atoms with Gasteiger partial charge in [-0.2, -0.15) is 0 Å². The van der Waals surface area contributed by atoms with Crippen LogP contribution in [0.5, 0.6) is 0 Å². The van der Waals surface area contributed by atoms with Gasteiger partial charge in [0.1, 0.15) is 0 Å². The van der Waals surface area contributed by atoms with Gasteiger partial charge in [-0.1, -0.05) is 20.8 Å². The first-order valence-electron chi connectivity index (χ1n) is 8.17. The highest BCUT2D eigenvalue weighted by Crippen LogP contribution is 2.18. The summed E-state index contributed by atoms with van der Waals surface area (Å²) in [5, 5.41) is 12.6. The third-order valence-corrected chi connectivity index (χ3v) is 3.86. The minimum Gasteiger partial charge on any atom is -0.391 e. The molecule has 1 aliphatic heterocycles. The second-order valence-corrected chi connectivity index (χ2v) is 6.46. The lowest BCUT2D eigenvalue weighted by Crippen LogP contribution is -2.46. The first kappa shape index (κ1) is 18.0. The second kappa shape index (κ2) is 9.03. The molecule has 2 N–H and O–H groups in total. The predicted octanol–water partition coefficient (Wildman–Crippen LogP) is 1.55. The van der Waals surface area contributed by atoms with E-state index in [2.05, 4.69) is 5.32 Å². The molecule has 0 spiro atoms. The second-order valence-electron chi connectivity index (χ2n) is 6.46. The van der Waals surface area contributed by atoms with Crippen molar-refractivity contribution in [1.29, 1.82) is 0 Å². The molecule has 0 aromatic heterocycles. The van der Waals surface area contributed by atoms with Crippen LogP contribution in [0.25, 0.3) is 0 Å². The summed E-state index contributed by atoms with van der Waals surface area (Å²) >= 11 is 0. The van der Waals surface area contributed by atoms with Crippen molar-refractivity contribution in [3.8, 4) is 0 Å². The number of aliphatic hydroxyl groups is 1. The number of amides is 2. The third-order valence-electron chi connectivity index (χ3n) is 3.86. The lowest BCUT2D eigenvalue weighted by molar-refractivity contribution is -0.135. The summed E-state index contributed by atoms with van der Waals surface area (Å²) in [4.78, 5) is 25.9. The smallest absolute Gasteiger partial charge is 0.224 e. The molecule has 1 saturated heterocycles. The highest BCUT2D eigenvalue weighted by molar-refractivity contribution is 5.81. The van der Waals surface area contributed by atoms with Crippen LogP contribution in [0.3, 0.4) is 0 Å². The van der Waals surface area contributed by atoms with Gasteiger partial charge in [0.15, 0.2) is 0 Å². The zero-order chi connectivity index (χ0) is 15.8. The van der Waals surface area contributed by atoms with Gasteiger partial charge in [0.05, 0.1) is 12.0 Å². The normalized spacial score (nSPS) is 20.4. The van der Waals surface area contributed by atoms with Crippen molar-refractivity contribution in [1.82, 2.24) is 10.2 Å². The van der Waals surface area contributed by atoms with Crippen molar-refractivity contribution >= 4 is 11.8 Å². The van der Waals surface area contributed by atoms with Crippen LogP contribution in [0.15, 0.2) is 0 Å². The molecule has 0 saturated carbocycles. The molecular weight excluding hydrogens is 268 g/mol.